The Bertz CT molecular complexity index is 422. The van der Waals surface area contributed by atoms with E-state index in [0.29, 0.717) is 28.0 Å². The number of nitrogens with two attached hydrogens (primary N) is 1. The van der Waals surface area contributed by atoms with Gasteiger partial charge in [0.25, 0.3) is 5.91 Å². The second kappa shape index (κ2) is 5.12. The molecule has 1 aromatic rings. The zero-order valence-electron chi connectivity index (χ0n) is 9.00. The highest BCUT2D eigenvalue weighted by Gasteiger charge is 2.24. The largest absolute Gasteiger partial charge is 0.399 e. The predicted octanol–water partition coefficient (Wildman–Crippen LogP) is 2.69. The molecule has 1 unspecified atom stereocenters. The number of amides is 1. The van der Waals surface area contributed by atoms with Gasteiger partial charge in [-0.1, -0.05) is 23.2 Å². The van der Waals surface area contributed by atoms with Crippen LogP contribution in [-0.2, 0) is 9.53 Å². The van der Waals surface area contributed by atoms with Crippen LogP contribution >= 0.6 is 23.2 Å². The highest BCUT2D eigenvalue weighted by atomic mass is 35.5. The van der Waals surface area contributed by atoms with E-state index < -0.39 is 6.10 Å². The van der Waals surface area contributed by atoms with Crippen molar-refractivity contribution in [2.75, 3.05) is 17.7 Å². The van der Waals surface area contributed by atoms with Crippen LogP contribution in [0.2, 0.25) is 10.0 Å². The fourth-order valence-corrected chi connectivity index (χ4v) is 2.30. The summed E-state index contributed by atoms with van der Waals surface area (Å²) >= 11 is 11.9. The number of anilines is 2. The maximum atomic E-state index is 11.8. The van der Waals surface area contributed by atoms with Gasteiger partial charge in [0.2, 0.25) is 0 Å². The van der Waals surface area contributed by atoms with Crippen LogP contribution in [0.1, 0.15) is 12.8 Å². The minimum absolute atomic E-state index is 0.226. The smallest absolute Gasteiger partial charge is 0.253 e. The summed E-state index contributed by atoms with van der Waals surface area (Å²) in [4.78, 5) is 11.8. The molecule has 17 heavy (non-hydrogen) atoms. The number of halogens is 2. The molecule has 0 radical (unpaired) electrons. The van der Waals surface area contributed by atoms with Crippen molar-refractivity contribution >= 4 is 40.5 Å². The van der Waals surface area contributed by atoms with Gasteiger partial charge in [-0.2, -0.15) is 0 Å². The molecule has 0 bridgehead atoms. The van der Waals surface area contributed by atoms with Gasteiger partial charge < -0.3 is 15.8 Å². The number of ether oxygens (including phenoxy) is 1. The Balaban J connectivity index is 2.15. The van der Waals surface area contributed by atoms with Gasteiger partial charge >= 0.3 is 0 Å². The molecule has 0 saturated carbocycles. The summed E-state index contributed by atoms with van der Waals surface area (Å²) in [6.07, 6.45) is 1.19. The molecule has 1 atom stereocenters. The lowest BCUT2D eigenvalue weighted by molar-refractivity contribution is -0.124. The van der Waals surface area contributed by atoms with Crippen molar-refractivity contribution in [1.29, 1.82) is 0 Å². The Morgan fingerprint density at radius 2 is 2.06 bits per heavy atom. The van der Waals surface area contributed by atoms with Crippen LogP contribution in [0.4, 0.5) is 11.4 Å². The molecule has 1 amide bonds. The van der Waals surface area contributed by atoms with E-state index in [0.717, 1.165) is 12.8 Å². The fraction of sp³-hybridized carbons (Fsp3) is 0.364. The summed E-state index contributed by atoms with van der Waals surface area (Å²) in [6.45, 7) is 0.612. The maximum absolute atomic E-state index is 11.8. The number of benzene rings is 1. The van der Waals surface area contributed by atoms with Crippen molar-refractivity contribution in [3.8, 4) is 0 Å². The highest BCUT2D eigenvalue weighted by Crippen LogP contribution is 2.33. The summed E-state index contributed by atoms with van der Waals surface area (Å²) in [5.41, 5.74) is 6.41. The monoisotopic (exact) mass is 274 g/mol. The van der Waals surface area contributed by atoms with Crippen molar-refractivity contribution in [1.82, 2.24) is 0 Å². The topological polar surface area (TPSA) is 64.3 Å². The van der Waals surface area contributed by atoms with Crippen LogP contribution in [0.15, 0.2) is 12.1 Å². The van der Waals surface area contributed by atoms with Crippen molar-refractivity contribution in [3.63, 3.8) is 0 Å². The second-order valence-corrected chi connectivity index (χ2v) is 4.66. The van der Waals surface area contributed by atoms with Crippen LogP contribution in [-0.4, -0.2) is 18.6 Å². The van der Waals surface area contributed by atoms with E-state index in [2.05, 4.69) is 5.32 Å². The zero-order chi connectivity index (χ0) is 12.4. The van der Waals surface area contributed by atoms with E-state index in [1.165, 1.54) is 0 Å². The average molecular weight is 275 g/mol. The molecule has 2 rings (SSSR count). The molecular formula is C11H12Cl2N2O2. The van der Waals surface area contributed by atoms with Gasteiger partial charge in [0.05, 0.1) is 15.7 Å². The molecule has 0 spiro atoms. The van der Waals surface area contributed by atoms with E-state index in [9.17, 15) is 4.79 Å². The summed E-state index contributed by atoms with van der Waals surface area (Å²) in [5, 5.41) is 3.31. The van der Waals surface area contributed by atoms with Gasteiger partial charge in [0.15, 0.2) is 0 Å². The number of rotatable bonds is 2. The molecular weight excluding hydrogens is 263 g/mol. The van der Waals surface area contributed by atoms with Gasteiger partial charge in [0.1, 0.15) is 6.10 Å². The van der Waals surface area contributed by atoms with E-state index in [-0.39, 0.29) is 5.91 Å². The number of carbonyl (C=O) groups is 1. The van der Waals surface area contributed by atoms with Gasteiger partial charge in [-0.15, -0.1) is 0 Å². The maximum Gasteiger partial charge on any atom is 0.253 e. The summed E-state index contributed by atoms with van der Waals surface area (Å²) < 4.78 is 5.27. The quantitative estimate of drug-likeness (QED) is 0.815. The lowest BCUT2D eigenvalue weighted by atomic mass is 10.2. The number of carbonyl (C=O) groups excluding carboxylic acids is 1. The van der Waals surface area contributed by atoms with E-state index >= 15 is 0 Å². The molecule has 1 saturated heterocycles. The van der Waals surface area contributed by atoms with Crippen LogP contribution in [0.3, 0.4) is 0 Å². The SMILES string of the molecule is Nc1cc(Cl)c(NC(=O)C2CCCO2)c(Cl)c1. The number of hydrogen-bond donors (Lipinski definition) is 2. The van der Waals surface area contributed by atoms with Crippen LogP contribution < -0.4 is 11.1 Å². The van der Waals surface area contributed by atoms with Gasteiger partial charge in [-0.3, -0.25) is 4.79 Å². The first-order valence-electron chi connectivity index (χ1n) is 5.25. The molecule has 6 heteroatoms. The minimum Gasteiger partial charge on any atom is -0.399 e. The van der Waals surface area contributed by atoms with Crippen molar-refractivity contribution in [2.45, 2.75) is 18.9 Å². The Morgan fingerprint density at radius 3 is 2.59 bits per heavy atom. The lowest BCUT2D eigenvalue weighted by Crippen LogP contribution is -2.27. The standard InChI is InChI=1S/C11H12Cl2N2O2/c12-7-4-6(14)5-8(13)10(7)15-11(16)9-2-1-3-17-9/h4-5,9H,1-3,14H2,(H,15,16). The van der Waals surface area contributed by atoms with Crippen LogP contribution in [0, 0.1) is 0 Å². The van der Waals surface area contributed by atoms with Crippen molar-refractivity contribution in [3.05, 3.63) is 22.2 Å². The third kappa shape index (κ3) is 2.83. The van der Waals surface area contributed by atoms with Gasteiger partial charge in [0, 0.05) is 12.3 Å². The lowest BCUT2D eigenvalue weighted by Gasteiger charge is -2.13. The first kappa shape index (κ1) is 12.5. The molecule has 0 aliphatic carbocycles. The minimum atomic E-state index is -0.417. The van der Waals surface area contributed by atoms with E-state index in [4.69, 9.17) is 33.7 Å². The predicted molar refractivity (Wildman–Crippen MR) is 68.5 cm³/mol. The third-order valence-corrected chi connectivity index (χ3v) is 3.13. The zero-order valence-corrected chi connectivity index (χ0v) is 10.5. The molecule has 4 nitrogen and oxygen atoms in total. The molecule has 1 fully saturated rings. The Morgan fingerprint density at radius 1 is 1.41 bits per heavy atom. The van der Waals surface area contributed by atoms with E-state index in [1.54, 1.807) is 12.1 Å². The highest BCUT2D eigenvalue weighted by molar-refractivity contribution is 6.40. The molecule has 3 N–H and O–H groups in total. The molecule has 1 aliphatic heterocycles. The van der Waals surface area contributed by atoms with E-state index in [1.807, 2.05) is 0 Å². The summed E-state index contributed by atoms with van der Waals surface area (Å²) in [6, 6.07) is 3.08. The first-order valence-corrected chi connectivity index (χ1v) is 6.00. The molecule has 1 aliphatic rings. The van der Waals surface area contributed by atoms with Crippen molar-refractivity contribution in [2.24, 2.45) is 0 Å². The molecule has 1 aromatic carbocycles. The number of nitrogen functional groups attached to an aromatic ring is 1. The number of hydrogen-bond acceptors (Lipinski definition) is 3. The fourth-order valence-electron chi connectivity index (χ4n) is 1.70. The molecule has 1 heterocycles. The average Bonchev–Trinajstić information content (AvgIpc) is 2.76. The first-order chi connectivity index (χ1) is 8.08. The normalized spacial score (nSPS) is 19.3. The van der Waals surface area contributed by atoms with Crippen molar-refractivity contribution < 1.29 is 9.53 Å². The third-order valence-electron chi connectivity index (χ3n) is 2.53. The Hall–Kier alpha value is -0.970. The Kier molecular flexibility index (Phi) is 3.76. The summed E-state index contributed by atoms with van der Waals surface area (Å²) in [7, 11) is 0. The second-order valence-electron chi connectivity index (χ2n) is 3.85. The Labute approximate surface area is 109 Å². The van der Waals surface area contributed by atoms with Crippen LogP contribution in [0.25, 0.3) is 0 Å². The summed E-state index contributed by atoms with van der Waals surface area (Å²) in [5.74, 6) is -0.226. The molecule has 92 valence electrons. The van der Waals surface area contributed by atoms with Crippen LogP contribution in [0.5, 0.6) is 0 Å². The molecule has 0 aromatic heterocycles. The van der Waals surface area contributed by atoms with Gasteiger partial charge in [-0.25, -0.2) is 0 Å². The van der Waals surface area contributed by atoms with Gasteiger partial charge in [-0.05, 0) is 25.0 Å². The number of nitrogens with one attached hydrogen (secondary N) is 1.